The number of ether oxygens (including phenoxy) is 2. The SMILES string of the molecule is CNC(=O)C1(Cc2ccc(-c3cccnc3)cc2)CCN(Cc2ccc(OC)cc2OC)C1. The number of rotatable bonds is 8. The van der Waals surface area contributed by atoms with Gasteiger partial charge in [0, 0.05) is 44.2 Å². The molecule has 4 rings (SSSR count). The first-order valence-electron chi connectivity index (χ1n) is 11.2. The minimum absolute atomic E-state index is 0.100. The van der Waals surface area contributed by atoms with Crippen molar-refractivity contribution in [3.8, 4) is 22.6 Å². The minimum atomic E-state index is -0.454. The highest BCUT2D eigenvalue weighted by Gasteiger charge is 2.44. The molecule has 6 heteroatoms. The molecule has 3 aromatic rings. The van der Waals surface area contributed by atoms with Gasteiger partial charge in [-0.05, 0) is 48.2 Å². The molecule has 1 aliphatic heterocycles. The smallest absolute Gasteiger partial charge is 0.227 e. The van der Waals surface area contributed by atoms with Gasteiger partial charge in [-0.3, -0.25) is 14.7 Å². The summed E-state index contributed by atoms with van der Waals surface area (Å²) in [6.07, 6.45) is 5.16. The first-order valence-corrected chi connectivity index (χ1v) is 11.2. The highest BCUT2D eigenvalue weighted by molar-refractivity contribution is 5.83. The van der Waals surface area contributed by atoms with Crippen molar-refractivity contribution in [2.45, 2.75) is 19.4 Å². The standard InChI is InChI=1S/C27H31N3O3/c1-28-26(31)27(16-20-6-8-21(9-7-20)22-5-4-13-29-17-22)12-14-30(19-27)18-23-10-11-24(32-2)15-25(23)33-3/h4-11,13,15,17H,12,14,16,18-19H2,1-3H3,(H,28,31). The summed E-state index contributed by atoms with van der Waals surface area (Å²) in [6, 6.07) is 18.4. The molecule has 1 unspecified atom stereocenters. The van der Waals surface area contributed by atoms with Crippen LogP contribution in [-0.4, -0.2) is 50.1 Å². The number of benzene rings is 2. The molecule has 1 fully saturated rings. The first-order chi connectivity index (χ1) is 16.1. The molecule has 1 N–H and O–H groups in total. The zero-order valence-electron chi connectivity index (χ0n) is 19.5. The van der Waals surface area contributed by atoms with E-state index in [9.17, 15) is 4.79 Å². The van der Waals surface area contributed by atoms with Gasteiger partial charge in [-0.25, -0.2) is 0 Å². The van der Waals surface area contributed by atoms with Crippen molar-refractivity contribution in [1.29, 1.82) is 0 Å². The van der Waals surface area contributed by atoms with E-state index in [1.54, 1.807) is 27.5 Å². The van der Waals surface area contributed by atoms with Gasteiger partial charge < -0.3 is 14.8 Å². The maximum Gasteiger partial charge on any atom is 0.227 e. The van der Waals surface area contributed by atoms with Gasteiger partial charge in [0.2, 0.25) is 5.91 Å². The molecule has 172 valence electrons. The van der Waals surface area contributed by atoms with E-state index in [0.717, 1.165) is 53.3 Å². The number of amides is 1. The molecule has 1 aromatic heterocycles. The van der Waals surface area contributed by atoms with Gasteiger partial charge in [0.25, 0.3) is 0 Å². The van der Waals surface area contributed by atoms with Crippen LogP contribution in [0.15, 0.2) is 67.0 Å². The van der Waals surface area contributed by atoms with Gasteiger partial charge in [0.05, 0.1) is 19.6 Å². The Hall–Kier alpha value is -3.38. The molecule has 2 heterocycles. The highest BCUT2D eigenvalue weighted by atomic mass is 16.5. The van der Waals surface area contributed by atoms with Crippen LogP contribution in [0.1, 0.15) is 17.5 Å². The number of nitrogens with zero attached hydrogens (tertiary/aromatic N) is 2. The second-order valence-corrected chi connectivity index (χ2v) is 8.61. The van der Waals surface area contributed by atoms with Crippen LogP contribution in [0.4, 0.5) is 0 Å². The number of hydrogen-bond acceptors (Lipinski definition) is 5. The summed E-state index contributed by atoms with van der Waals surface area (Å²) in [5.41, 5.74) is 4.01. The van der Waals surface area contributed by atoms with Gasteiger partial charge in [-0.15, -0.1) is 0 Å². The van der Waals surface area contributed by atoms with Gasteiger partial charge in [-0.2, -0.15) is 0 Å². The summed E-state index contributed by atoms with van der Waals surface area (Å²) < 4.78 is 10.9. The van der Waals surface area contributed by atoms with Crippen molar-refractivity contribution in [1.82, 2.24) is 15.2 Å². The van der Waals surface area contributed by atoms with Gasteiger partial charge in [0.15, 0.2) is 0 Å². The average molecular weight is 446 g/mol. The van der Waals surface area contributed by atoms with Crippen molar-refractivity contribution in [2.75, 3.05) is 34.4 Å². The van der Waals surface area contributed by atoms with Crippen molar-refractivity contribution in [3.63, 3.8) is 0 Å². The van der Waals surface area contributed by atoms with E-state index in [0.29, 0.717) is 13.0 Å². The number of pyridine rings is 1. The minimum Gasteiger partial charge on any atom is -0.497 e. The van der Waals surface area contributed by atoms with Gasteiger partial charge in [0.1, 0.15) is 11.5 Å². The Kier molecular flexibility index (Phi) is 6.94. The van der Waals surface area contributed by atoms with Crippen molar-refractivity contribution >= 4 is 5.91 Å². The zero-order valence-corrected chi connectivity index (χ0v) is 19.5. The third-order valence-electron chi connectivity index (χ3n) is 6.52. The maximum absolute atomic E-state index is 13.0. The Morgan fingerprint density at radius 2 is 1.91 bits per heavy atom. The molecule has 0 radical (unpaired) electrons. The van der Waals surface area contributed by atoms with Gasteiger partial charge >= 0.3 is 0 Å². The molecule has 1 aliphatic rings. The van der Waals surface area contributed by atoms with E-state index in [1.807, 2.05) is 30.5 Å². The molecule has 1 saturated heterocycles. The highest BCUT2D eigenvalue weighted by Crippen LogP contribution is 2.37. The molecule has 1 atom stereocenters. The van der Waals surface area contributed by atoms with E-state index < -0.39 is 5.41 Å². The number of aromatic nitrogens is 1. The number of hydrogen-bond donors (Lipinski definition) is 1. The molecule has 2 aromatic carbocycles. The Bertz CT molecular complexity index is 1090. The third kappa shape index (κ3) is 5.01. The second-order valence-electron chi connectivity index (χ2n) is 8.61. The topological polar surface area (TPSA) is 63.7 Å². The van der Waals surface area contributed by atoms with Crippen LogP contribution >= 0.6 is 0 Å². The molecular formula is C27H31N3O3. The Morgan fingerprint density at radius 3 is 2.58 bits per heavy atom. The number of carbonyl (C=O) groups is 1. The lowest BCUT2D eigenvalue weighted by atomic mass is 9.79. The Morgan fingerprint density at radius 1 is 1.09 bits per heavy atom. The fourth-order valence-corrected chi connectivity index (χ4v) is 4.73. The summed E-state index contributed by atoms with van der Waals surface area (Å²) in [5, 5.41) is 2.91. The second kappa shape index (κ2) is 10.0. The molecular weight excluding hydrogens is 414 g/mol. The largest absolute Gasteiger partial charge is 0.497 e. The van der Waals surface area contributed by atoms with E-state index in [4.69, 9.17) is 9.47 Å². The van der Waals surface area contributed by atoms with Crippen LogP contribution in [0.3, 0.4) is 0 Å². The van der Waals surface area contributed by atoms with Crippen LogP contribution in [0, 0.1) is 5.41 Å². The predicted molar refractivity (Wildman–Crippen MR) is 129 cm³/mol. The summed E-state index contributed by atoms with van der Waals surface area (Å²) in [7, 11) is 5.05. The summed E-state index contributed by atoms with van der Waals surface area (Å²) in [4.78, 5) is 19.6. The van der Waals surface area contributed by atoms with Crippen LogP contribution in [0.2, 0.25) is 0 Å². The number of nitrogens with one attached hydrogen (secondary N) is 1. The predicted octanol–water partition coefficient (Wildman–Crippen LogP) is 3.95. The lowest BCUT2D eigenvalue weighted by Gasteiger charge is -2.28. The molecule has 6 nitrogen and oxygen atoms in total. The summed E-state index contributed by atoms with van der Waals surface area (Å²) in [5.74, 6) is 1.67. The Labute approximate surface area is 195 Å². The molecule has 0 saturated carbocycles. The molecule has 1 amide bonds. The average Bonchev–Trinajstić information content (AvgIpc) is 3.28. The fourth-order valence-electron chi connectivity index (χ4n) is 4.73. The van der Waals surface area contributed by atoms with Crippen LogP contribution in [0.5, 0.6) is 11.5 Å². The van der Waals surface area contributed by atoms with E-state index in [-0.39, 0.29) is 5.91 Å². The number of methoxy groups -OCH3 is 2. The van der Waals surface area contributed by atoms with E-state index >= 15 is 0 Å². The van der Waals surface area contributed by atoms with Crippen LogP contribution in [-0.2, 0) is 17.8 Å². The van der Waals surface area contributed by atoms with Crippen molar-refractivity contribution in [2.24, 2.45) is 5.41 Å². The normalized spacial score (nSPS) is 18.2. The van der Waals surface area contributed by atoms with Crippen molar-refractivity contribution in [3.05, 3.63) is 78.1 Å². The maximum atomic E-state index is 13.0. The van der Waals surface area contributed by atoms with Crippen molar-refractivity contribution < 1.29 is 14.3 Å². The van der Waals surface area contributed by atoms with Crippen LogP contribution < -0.4 is 14.8 Å². The quantitative estimate of drug-likeness (QED) is 0.569. The summed E-state index contributed by atoms with van der Waals surface area (Å²) >= 11 is 0. The Balaban J connectivity index is 1.50. The van der Waals surface area contributed by atoms with E-state index in [1.165, 1.54) is 0 Å². The number of likely N-dealkylation sites (tertiary alicyclic amines) is 1. The molecule has 0 aliphatic carbocycles. The monoisotopic (exact) mass is 445 g/mol. The van der Waals surface area contributed by atoms with Crippen LogP contribution in [0.25, 0.3) is 11.1 Å². The van der Waals surface area contributed by atoms with E-state index in [2.05, 4.69) is 45.5 Å². The molecule has 33 heavy (non-hydrogen) atoms. The lowest BCUT2D eigenvalue weighted by Crippen LogP contribution is -2.43. The first kappa shape index (κ1) is 22.8. The lowest BCUT2D eigenvalue weighted by molar-refractivity contribution is -0.130. The fraction of sp³-hybridized carbons (Fsp3) is 0.333. The zero-order chi connectivity index (χ0) is 23.3. The molecule has 0 spiro atoms. The number of carbonyl (C=O) groups excluding carboxylic acids is 1. The molecule has 0 bridgehead atoms. The summed E-state index contributed by atoms with van der Waals surface area (Å²) in [6.45, 7) is 2.29. The third-order valence-corrected chi connectivity index (χ3v) is 6.52. The van der Waals surface area contributed by atoms with Gasteiger partial charge in [-0.1, -0.05) is 36.4 Å².